The minimum Gasteiger partial charge on any atom is -0.506 e. The first-order valence-electron chi connectivity index (χ1n) is 2.73. The second kappa shape index (κ2) is 2.88. The molecule has 0 atom stereocenters. The Morgan fingerprint density at radius 2 is 2.40 bits per heavy atom. The largest absolute Gasteiger partial charge is 0.506 e. The summed E-state index contributed by atoms with van der Waals surface area (Å²) in [5.41, 5.74) is 6.25. The van der Waals surface area contributed by atoms with Crippen LogP contribution in [0, 0.1) is 0 Å². The third-order valence-corrected chi connectivity index (χ3v) is 1.74. The van der Waals surface area contributed by atoms with E-state index in [-0.39, 0.29) is 5.75 Å². The normalized spacial score (nSPS) is 9.70. The van der Waals surface area contributed by atoms with Gasteiger partial charge in [-0.3, -0.25) is 0 Å². The molecule has 10 heavy (non-hydrogen) atoms. The lowest BCUT2D eigenvalue weighted by molar-refractivity contribution is 0.472. The Labute approximate surface area is 67.0 Å². The molecule has 4 heteroatoms. The van der Waals surface area contributed by atoms with Gasteiger partial charge in [-0.05, 0) is 6.07 Å². The maximum atomic E-state index is 8.93. The Bertz CT molecular complexity index is 239. The molecule has 0 radical (unpaired) electrons. The quantitative estimate of drug-likeness (QED) is 0.675. The van der Waals surface area contributed by atoms with Crippen molar-refractivity contribution < 1.29 is 5.11 Å². The van der Waals surface area contributed by atoms with E-state index in [1.807, 2.05) is 0 Å². The molecular weight excluding hydrogens is 196 g/mol. The molecule has 0 saturated heterocycles. The van der Waals surface area contributed by atoms with Crippen LogP contribution in [0.2, 0.25) is 0 Å². The van der Waals surface area contributed by atoms with Gasteiger partial charge in [0, 0.05) is 10.9 Å². The Kier molecular flexibility index (Phi) is 2.11. The number of aromatic hydroxyl groups is 1. The van der Waals surface area contributed by atoms with Crippen molar-refractivity contribution in [2.45, 2.75) is 5.33 Å². The summed E-state index contributed by atoms with van der Waals surface area (Å²) in [6, 6.07) is 1.58. The lowest BCUT2D eigenvalue weighted by Crippen LogP contribution is -1.94. The number of nitrogens with two attached hydrogens (primary N) is 1. The lowest BCUT2D eigenvalue weighted by atomic mass is 10.3. The van der Waals surface area contributed by atoms with E-state index >= 15 is 0 Å². The van der Waals surface area contributed by atoms with E-state index in [1.165, 1.54) is 6.20 Å². The Morgan fingerprint density at radius 1 is 1.70 bits per heavy atom. The number of nitrogens with zero attached hydrogens (tertiary/aromatic N) is 1. The van der Waals surface area contributed by atoms with Crippen LogP contribution in [-0.4, -0.2) is 10.1 Å². The zero-order valence-corrected chi connectivity index (χ0v) is 6.80. The van der Waals surface area contributed by atoms with E-state index in [9.17, 15) is 0 Å². The molecule has 0 unspecified atom stereocenters. The molecule has 0 aliphatic rings. The van der Waals surface area contributed by atoms with Gasteiger partial charge in [0.25, 0.3) is 0 Å². The summed E-state index contributed by atoms with van der Waals surface area (Å²) >= 11 is 3.21. The summed E-state index contributed by atoms with van der Waals surface area (Å²) in [6.07, 6.45) is 1.32. The smallest absolute Gasteiger partial charge is 0.134 e. The molecule has 3 N–H and O–H groups in total. The first-order chi connectivity index (χ1) is 4.74. The maximum absolute atomic E-state index is 8.93. The zero-order valence-electron chi connectivity index (χ0n) is 5.21. The molecule has 0 bridgehead atoms. The number of rotatable bonds is 1. The molecule has 1 aromatic rings. The fourth-order valence-corrected chi connectivity index (χ4v) is 1.06. The van der Waals surface area contributed by atoms with Gasteiger partial charge in [0.1, 0.15) is 11.6 Å². The number of hydrogen-bond donors (Lipinski definition) is 2. The second-order valence-electron chi connectivity index (χ2n) is 1.87. The van der Waals surface area contributed by atoms with E-state index in [1.54, 1.807) is 6.07 Å². The van der Waals surface area contributed by atoms with E-state index < -0.39 is 0 Å². The third kappa shape index (κ3) is 1.39. The SMILES string of the molecule is Nc1ncc(O)cc1CBr. The van der Waals surface area contributed by atoms with Gasteiger partial charge < -0.3 is 10.8 Å². The highest BCUT2D eigenvalue weighted by molar-refractivity contribution is 9.08. The monoisotopic (exact) mass is 202 g/mol. The Balaban J connectivity index is 3.09. The molecule has 1 aromatic heterocycles. The molecule has 0 fully saturated rings. The molecule has 1 rings (SSSR count). The van der Waals surface area contributed by atoms with Gasteiger partial charge in [0.2, 0.25) is 0 Å². The number of hydrogen-bond acceptors (Lipinski definition) is 3. The Hall–Kier alpha value is -0.770. The third-order valence-electron chi connectivity index (χ3n) is 1.13. The highest BCUT2D eigenvalue weighted by Gasteiger charge is 1.98. The first kappa shape index (κ1) is 7.34. The number of halogens is 1. The molecule has 54 valence electrons. The van der Waals surface area contributed by atoms with Crippen LogP contribution in [0.3, 0.4) is 0 Å². The van der Waals surface area contributed by atoms with Crippen molar-refractivity contribution in [2.75, 3.05) is 5.73 Å². The van der Waals surface area contributed by atoms with Crippen LogP contribution in [0.5, 0.6) is 5.75 Å². The number of anilines is 1. The molecule has 0 aliphatic carbocycles. The van der Waals surface area contributed by atoms with Crippen molar-refractivity contribution in [1.29, 1.82) is 0 Å². The van der Waals surface area contributed by atoms with Crippen LogP contribution in [-0.2, 0) is 5.33 Å². The first-order valence-corrected chi connectivity index (χ1v) is 3.85. The highest BCUT2D eigenvalue weighted by Crippen LogP contribution is 2.17. The molecular formula is C6H7BrN2O. The standard InChI is InChI=1S/C6H7BrN2O/c7-2-4-1-5(10)3-9-6(4)8/h1,3,10H,2H2,(H2,8,9). The summed E-state index contributed by atoms with van der Waals surface area (Å²) in [6.45, 7) is 0. The number of nitrogen functional groups attached to an aromatic ring is 1. The summed E-state index contributed by atoms with van der Waals surface area (Å²) < 4.78 is 0. The topological polar surface area (TPSA) is 59.1 Å². The highest BCUT2D eigenvalue weighted by atomic mass is 79.9. The van der Waals surface area contributed by atoms with E-state index in [0.717, 1.165) is 5.56 Å². The van der Waals surface area contributed by atoms with E-state index in [4.69, 9.17) is 10.8 Å². The predicted molar refractivity (Wildman–Crippen MR) is 42.9 cm³/mol. The van der Waals surface area contributed by atoms with Crippen molar-refractivity contribution in [3.05, 3.63) is 17.8 Å². The molecule has 0 aromatic carbocycles. The average Bonchev–Trinajstić information content (AvgIpc) is 1.94. The molecule has 0 spiro atoms. The number of pyridine rings is 1. The zero-order chi connectivity index (χ0) is 7.56. The number of aromatic nitrogens is 1. The van der Waals surface area contributed by atoms with Crippen molar-refractivity contribution in [2.24, 2.45) is 0 Å². The average molecular weight is 203 g/mol. The summed E-state index contributed by atoms with van der Waals surface area (Å²) in [5, 5.41) is 9.54. The lowest BCUT2D eigenvalue weighted by Gasteiger charge is -1.99. The summed E-state index contributed by atoms with van der Waals surface area (Å²) in [4.78, 5) is 3.75. The summed E-state index contributed by atoms with van der Waals surface area (Å²) in [5.74, 6) is 0.596. The van der Waals surface area contributed by atoms with Gasteiger partial charge in [-0.2, -0.15) is 0 Å². The van der Waals surface area contributed by atoms with Crippen LogP contribution in [0.25, 0.3) is 0 Å². The molecule has 0 amide bonds. The second-order valence-corrected chi connectivity index (χ2v) is 2.43. The van der Waals surface area contributed by atoms with E-state index in [2.05, 4.69) is 20.9 Å². The van der Waals surface area contributed by atoms with Crippen molar-refractivity contribution in [3.8, 4) is 5.75 Å². The fourth-order valence-electron chi connectivity index (χ4n) is 0.615. The van der Waals surface area contributed by atoms with Gasteiger partial charge in [-0.25, -0.2) is 4.98 Å². The maximum Gasteiger partial charge on any atom is 0.134 e. The van der Waals surface area contributed by atoms with Gasteiger partial charge >= 0.3 is 0 Å². The molecule has 1 heterocycles. The predicted octanol–water partition coefficient (Wildman–Crippen LogP) is 1.26. The fraction of sp³-hybridized carbons (Fsp3) is 0.167. The Morgan fingerprint density at radius 3 is 2.90 bits per heavy atom. The van der Waals surface area contributed by atoms with Gasteiger partial charge in [-0.15, -0.1) is 0 Å². The van der Waals surface area contributed by atoms with Crippen LogP contribution in [0.4, 0.5) is 5.82 Å². The van der Waals surface area contributed by atoms with Crippen molar-refractivity contribution >= 4 is 21.7 Å². The van der Waals surface area contributed by atoms with Crippen molar-refractivity contribution in [1.82, 2.24) is 4.98 Å². The number of alkyl halides is 1. The van der Waals surface area contributed by atoms with Crippen LogP contribution >= 0.6 is 15.9 Å². The molecule has 3 nitrogen and oxygen atoms in total. The molecule has 0 aliphatic heterocycles. The van der Waals surface area contributed by atoms with Gasteiger partial charge in [0.15, 0.2) is 0 Å². The van der Waals surface area contributed by atoms with Gasteiger partial charge in [0.05, 0.1) is 6.20 Å². The molecule has 0 saturated carbocycles. The van der Waals surface area contributed by atoms with E-state index in [0.29, 0.717) is 11.1 Å². The minimum atomic E-state index is 0.142. The van der Waals surface area contributed by atoms with Crippen molar-refractivity contribution in [3.63, 3.8) is 0 Å². The van der Waals surface area contributed by atoms with Crippen LogP contribution in [0.1, 0.15) is 5.56 Å². The van der Waals surface area contributed by atoms with Crippen LogP contribution in [0.15, 0.2) is 12.3 Å². The van der Waals surface area contributed by atoms with Gasteiger partial charge in [-0.1, -0.05) is 15.9 Å². The summed E-state index contributed by atoms with van der Waals surface area (Å²) in [7, 11) is 0. The van der Waals surface area contributed by atoms with Crippen LogP contribution < -0.4 is 5.73 Å². The minimum absolute atomic E-state index is 0.142.